The number of aromatic nitrogens is 1. The van der Waals surface area contributed by atoms with Crippen molar-refractivity contribution in [2.24, 2.45) is 0 Å². The van der Waals surface area contributed by atoms with Crippen LogP contribution in [0.2, 0.25) is 0 Å². The van der Waals surface area contributed by atoms with E-state index in [4.69, 9.17) is 4.74 Å². The SMILES string of the molecule is CC(O[C@H]1CCCNC1)c1ccccn1.Cl. The Bertz CT molecular complexity index is 288. The van der Waals surface area contributed by atoms with E-state index in [2.05, 4.69) is 17.2 Å². The molecule has 0 radical (unpaired) electrons. The molecule has 0 bridgehead atoms. The Morgan fingerprint density at radius 3 is 3.00 bits per heavy atom. The van der Waals surface area contributed by atoms with Crippen LogP contribution in [-0.4, -0.2) is 24.2 Å². The molecule has 0 amide bonds. The monoisotopic (exact) mass is 242 g/mol. The van der Waals surface area contributed by atoms with E-state index < -0.39 is 0 Å². The quantitative estimate of drug-likeness (QED) is 0.884. The standard InChI is InChI=1S/C12H18N2O.ClH/c1-10(12-6-2-3-8-14-12)15-11-5-4-7-13-9-11;/h2-3,6,8,10-11,13H,4-5,7,9H2,1H3;1H/t10?,11-;/m0./s1. The number of nitrogens with zero attached hydrogens (tertiary/aromatic N) is 1. The zero-order chi connectivity index (χ0) is 10.5. The summed E-state index contributed by atoms with van der Waals surface area (Å²) in [4.78, 5) is 4.30. The van der Waals surface area contributed by atoms with Gasteiger partial charge in [0, 0.05) is 12.7 Å². The Morgan fingerprint density at radius 1 is 1.50 bits per heavy atom. The Hall–Kier alpha value is -0.640. The second-order valence-corrected chi connectivity index (χ2v) is 4.00. The first-order valence-electron chi connectivity index (χ1n) is 5.63. The topological polar surface area (TPSA) is 34.1 Å². The molecule has 1 unspecified atom stereocenters. The fourth-order valence-electron chi connectivity index (χ4n) is 1.91. The van der Waals surface area contributed by atoms with Crippen molar-refractivity contribution in [2.45, 2.75) is 32.0 Å². The van der Waals surface area contributed by atoms with Gasteiger partial charge in [-0.2, -0.15) is 0 Å². The van der Waals surface area contributed by atoms with Crippen LogP contribution in [0.5, 0.6) is 0 Å². The number of ether oxygens (including phenoxy) is 1. The lowest BCUT2D eigenvalue weighted by Crippen LogP contribution is -2.35. The average molecular weight is 243 g/mol. The number of rotatable bonds is 3. The lowest BCUT2D eigenvalue weighted by atomic mass is 10.1. The number of nitrogens with one attached hydrogen (secondary N) is 1. The number of hydrogen-bond acceptors (Lipinski definition) is 3. The summed E-state index contributed by atoms with van der Waals surface area (Å²) in [6, 6.07) is 5.95. The second kappa shape index (κ2) is 6.84. The van der Waals surface area contributed by atoms with Gasteiger partial charge in [-0.1, -0.05) is 6.07 Å². The highest BCUT2D eigenvalue weighted by Gasteiger charge is 2.17. The molecule has 3 nitrogen and oxygen atoms in total. The summed E-state index contributed by atoms with van der Waals surface area (Å²) >= 11 is 0. The summed E-state index contributed by atoms with van der Waals surface area (Å²) in [6.45, 7) is 4.16. The van der Waals surface area contributed by atoms with Crippen LogP contribution >= 0.6 is 12.4 Å². The third-order valence-electron chi connectivity index (χ3n) is 2.75. The van der Waals surface area contributed by atoms with E-state index in [1.807, 2.05) is 24.4 Å². The van der Waals surface area contributed by atoms with Gasteiger partial charge in [0.05, 0.1) is 17.9 Å². The maximum absolute atomic E-state index is 5.95. The number of halogens is 1. The van der Waals surface area contributed by atoms with Crippen molar-refractivity contribution in [3.63, 3.8) is 0 Å². The first-order chi connectivity index (χ1) is 7.36. The third-order valence-corrected chi connectivity index (χ3v) is 2.75. The van der Waals surface area contributed by atoms with Crippen LogP contribution in [0.15, 0.2) is 24.4 Å². The van der Waals surface area contributed by atoms with Crippen LogP contribution in [-0.2, 0) is 4.74 Å². The van der Waals surface area contributed by atoms with E-state index >= 15 is 0 Å². The van der Waals surface area contributed by atoms with Gasteiger partial charge in [0.2, 0.25) is 0 Å². The van der Waals surface area contributed by atoms with Crippen LogP contribution in [0.25, 0.3) is 0 Å². The molecule has 1 aromatic rings. The van der Waals surface area contributed by atoms with Gasteiger partial charge >= 0.3 is 0 Å². The first kappa shape index (κ1) is 13.4. The molecule has 1 aromatic heterocycles. The first-order valence-corrected chi connectivity index (χ1v) is 5.63. The Balaban J connectivity index is 0.00000128. The summed E-state index contributed by atoms with van der Waals surface area (Å²) in [5.74, 6) is 0. The zero-order valence-corrected chi connectivity index (χ0v) is 10.4. The summed E-state index contributed by atoms with van der Waals surface area (Å²) < 4.78 is 5.95. The van der Waals surface area contributed by atoms with E-state index in [9.17, 15) is 0 Å². The van der Waals surface area contributed by atoms with Gasteiger partial charge in [-0.15, -0.1) is 12.4 Å². The molecule has 2 rings (SSSR count). The molecule has 4 heteroatoms. The van der Waals surface area contributed by atoms with Crippen molar-refractivity contribution >= 4 is 12.4 Å². The van der Waals surface area contributed by atoms with Gasteiger partial charge in [-0.05, 0) is 38.4 Å². The third kappa shape index (κ3) is 3.74. The van der Waals surface area contributed by atoms with E-state index in [0.717, 1.165) is 25.2 Å². The van der Waals surface area contributed by atoms with Crippen molar-refractivity contribution in [1.29, 1.82) is 0 Å². The summed E-state index contributed by atoms with van der Waals surface area (Å²) in [7, 11) is 0. The largest absolute Gasteiger partial charge is 0.368 e. The van der Waals surface area contributed by atoms with Gasteiger partial charge in [0.25, 0.3) is 0 Å². The van der Waals surface area contributed by atoms with Crippen LogP contribution in [0.1, 0.15) is 31.6 Å². The van der Waals surface area contributed by atoms with Crippen molar-refractivity contribution in [1.82, 2.24) is 10.3 Å². The highest BCUT2D eigenvalue weighted by atomic mass is 35.5. The van der Waals surface area contributed by atoms with Crippen LogP contribution in [0.4, 0.5) is 0 Å². The maximum atomic E-state index is 5.95. The van der Waals surface area contributed by atoms with Crippen molar-refractivity contribution in [2.75, 3.05) is 13.1 Å². The van der Waals surface area contributed by atoms with Crippen LogP contribution in [0, 0.1) is 0 Å². The Labute approximate surface area is 103 Å². The lowest BCUT2D eigenvalue weighted by Gasteiger charge is -2.26. The molecular weight excluding hydrogens is 224 g/mol. The van der Waals surface area contributed by atoms with Gasteiger partial charge in [-0.25, -0.2) is 0 Å². The minimum atomic E-state index is 0. The van der Waals surface area contributed by atoms with E-state index in [1.54, 1.807) is 0 Å². The minimum absolute atomic E-state index is 0. The summed E-state index contributed by atoms with van der Waals surface area (Å²) in [5.41, 5.74) is 1.02. The van der Waals surface area contributed by atoms with Crippen molar-refractivity contribution < 1.29 is 4.74 Å². The predicted octanol–water partition coefficient (Wildman–Crippen LogP) is 2.33. The summed E-state index contributed by atoms with van der Waals surface area (Å²) in [5, 5.41) is 3.35. The van der Waals surface area contributed by atoms with Gasteiger partial charge in [-0.3, -0.25) is 4.98 Å². The fraction of sp³-hybridized carbons (Fsp3) is 0.583. The van der Waals surface area contributed by atoms with Gasteiger partial charge in [0.15, 0.2) is 0 Å². The van der Waals surface area contributed by atoms with Crippen molar-refractivity contribution in [3.8, 4) is 0 Å². The van der Waals surface area contributed by atoms with E-state index in [1.165, 1.54) is 6.42 Å². The van der Waals surface area contributed by atoms with Crippen LogP contribution in [0.3, 0.4) is 0 Å². The molecule has 90 valence electrons. The molecule has 1 N–H and O–H groups in total. The zero-order valence-electron chi connectivity index (χ0n) is 9.56. The number of hydrogen-bond donors (Lipinski definition) is 1. The highest BCUT2D eigenvalue weighted by molar-refractivity contribution is 5.85. The number of piperidine rings is 1. The van der Waals surface area contributed by atoms with Crippen molar-refractivity contribution in [3.05, 3.63) is 30.1 Å². The molecule has 0 aromatic carbocycles. The molecule has 0 aliphatic carbocycles. The smallest absolute Gasteiger partial charge is 0.0970 e. The Morgan fingerprint density at radius 2 is 2.38 bits per heavy atom. The Kier molecular flexibility index (Phi) is 5.74. The molecule has 0 spiro atoms. The van der Waals surface area contributed by atoms with E-state index in [0.29, 0.717) is 6.10 Å². The second-order valence-electron chi connectivity index (χ2n) is 4.00. The molecule has 2 heterocycles. The van der Waals surface area contributed by atoms with Crippen LogP contribution < -0.4 is 5.32 Å². The molecule has 16 heavy (non-hydrogen) atoms. The normalized spacial score (nSPS) is 22.2. The molecule has 1 fully saturated rings. The average Bonchev–Trinajstić information content (AvgIpc) is 2.31. The lowest BCUT2D eigenvalue weighted by molar-refractivity contribution is -0.0169. The maximum Gasteiger partial charge on any atom is 0.0970 e. The molecular formula is C12H19ClN2O. The minimum Gasteiger partial charge on any atom is -0.368 e. The molecule has 2 atom stereocenters. The van der Waals surface area contributed by atoms with Gasteiger partial charge in [0.1, 0.15) is 0 Å². The fourth-order valence-corrected chi connectivity index (χ4v) is 1.91. The predicted molar refractivity (Wildman–Crippen MR) is 66.9 cm³/mol. The highest BCUT2D eigenvalue weighted by Crippen LogP contribution is 2.18. The number of pyridine rings is 1. The molecule has 1 aliphatic heterocycles. The molecule has 1 aliphatic rings. The summed E-state index contributed by atoms with van der Waals surface area (Å²) in [6.07, 6.45) is 4.62. The van der Waals surface area contributed by atoms with Gasteiger partial charge < -0.3 is 10.1 Å². The molecule has 1 saturated heterocycles. The molecule has 0 saturated carbocycles. The van der Waals surface area contributed by atoms with E-state index in [-0.39, 0.29) is 18.5 Å².